The fraction of sp³-hybridized carbons (Fsp3) is 0.800. The number of likely N-dealkylation sites (N-methyl/N-ethyl adjacent to an activating group) is 1. The van der Waals surface area contributed by atoms with Gasteiger partial charge in [0.1, 0.15) is 0 Å². The van der Waals surface area contributed by atoms with E-state index in [1.165, 1.54) is 0 Å². The number of hydrogen-bond acceptors (Lipinski definition) is 4. The van der Waals surface area contributed by atoms with Gasteiger partial charge in [-0.3, -0.25) is 4.79 Å². The topological polar surface area (TPSA) is 56.6 Å². The van der Waals surface area contributed by atoms with Crippen molar-refractivity contribution in [3.63, 3.8) is 0 Å². The zero-order valence-corrected chi connectivity index (χ0v) is 8.90. The maximum atomic E-state index is 12.0. The highest BCUT2D eigenvalue weighted by Gasteiger charge is 2.48. The SMILES string of the molecule is CN1CCN(C(=O)C2(C#N)COC2)CC1. The highest BCUT2D eigenvalue weighted by molar-refractivity contribution is 5.86. The molecule has 0 aromatic rings. The number of piperazine rings is 1. The molecule has 82 valence electrons. The van der Waals surface area contributed by atoms with Gasteiger partial charge in [-0.25, -0.2) is 0 Å². The Balaban J connectivity index is 1.99. The predicted molar refractivity (Wildman–Crippen MR) is 52.9 cm³/mol. The van der Waals surface area contributed by atoms with E-state index in [4.69, 9.17) is 10.00 Å². The minimum Gasteiger partial charge on any atom is -0.377 e. The number of hydrogen-bond donors (Lipinski definition) is 0. The molecule has 15 heavy (non-hydrogen) atoms. The van der Waals surface area contributed by atoms with E-state index in [-0.39, 0.29) is 19.1 Å². The molecule has 0 N–H and O–H groups in total. The number of rotatable bonds is 1. The van der Waals surface area contributed by atoms with Gasteiger partial charge >= 0.3 is 0 Å². The molecular formula is C10H15N3O2. The minimum absolute atomic E-state index is 0.0515. The summed E-state index contributed by atoms with van der Waals surface area (Å²) >= 11 is 0. The second-order valence-electron chi connectivity index (χ2n) is 4.28. The van der Waals surface area contributed by atoms with E-state index < -0.39 is 5.41 Å². The molecule has 2 aliphatic heterocycles. The molecule has 5 heteroatoms. The molecule has 0 unspecified atom stereocenters. The van der Waals surface area contributed by atoms with Crippen molar-refractivity contribution in [1.29, 1.82) is 5.26 Å². The lowest BCUT2D eigenvalue weighted by Crippen LogP contribution is -2.58. The van der Waals surface area contributed by atoms with E-state index in [0.717, 1.165) is 26.2 Å². The van der Waals surface area contributed by atoms with Gasteiger partial charge in [-0.2, -0.15) is 5.26 Å². The van der Waals surface area contributed by atoms with Gasteiger partial charge < -0.3 is 14.5 Å². The van der Waals surface area contributed by atoms with Crippen molar-refractivity contribution in [3.05, 3.63) is 0 Å². The smallest absolute Gasteiger partial charge is 0.247 e. The van der Waals surface area contributed by atoms with Crippen molar-refractivity contribution in [2.75, 3.05) is 46.4 Å². The van der Waals surface area contributed by atoms with Gasteiger partial charge in [-0.05, 0) is 7.05 Å². The molecular weight excluding hydrogens is 194 g/mol. The van der Waals surface area contributed by atoms with Gasteiger partial charge in [0.05, 0.1) is 19.3 Å². The van der Waals surface area contributed by atoms with E-state index in [1.54, 1.807) is 4.90 Å². The van der Waals surface area contributed by atoms with E-state index in [1.807, 2.05) is 7.05 Å². The van der Waals surface area contributed by atoms with Gasteiger partial charge in [0.15, 0.2) is 5.41 Å². The third kappa shape index (κ3) is 1.71. The molecule has 0 aromatic heterocycles. The Morgan fingerprint density at radius 2 is 1.93 bits per heavy atom. The Hall–Kier alpha value is -1.12. The lowest BCUT2D eigenvalue weighted by atomic mass is 9.86. The summed E-state index contributed by atoms with van der Waals surface area (Å²) in [7, 11) is 2.04. The number of carbonyl (C=O) groups excluding carboxylic acids is 1. The molecule has 2 saturated heterocycles. The lowest BCUT2D eigenvalue weighted by Gasteiger charge is -2.40. The number of nitrogens with zero attached hydrogens (tertiary/aromatic N) is 3. The molecule has 2 rings (SSSR count). The van der Waals surface area contributed by atoms with Crippen molar-refractivity contribution in [2.45, 2.75) is 0 Å². The summed E-state index contributed by atoms with van der Waals surface area (Å²) in [4.78, 5) is 16.0. The van der Waals surface area contributed by atoms with E-state index in [2.05, 4.69) is 11.0 Å². The normalized spacial score (nSPS) is 25.5. The average Bonchev–Trinajstić information content (AvgIpc) is 2.18. The molecule has 5 nitrogen and oxygen atoms in total. The molecule has 0 aliphatic carbocycles. The maximum absolute atomic E-state index is 12.0. The second-order valence-corrected chi connectivity index (χ2v) is 4.28. The first kappa shape index (κ1) is 10.4. The fourth-order valence-corrected chi connectivity index (χ4v) is 1.85. The highest BCUT2D eigenvalue weighted by Crippen LogP contribution is 2.29. The Morgan fingerprint density at radius 1 is 1.33 bits per heavy atom. The Bertz CT molecular complexity index is 298. The molecule has 2 aliphatic rings. The Morgan fingerprint density at radius 3 is 2.33 bits per heavy atom. The van der Waals surface area contributed by atoms with Crippen LogP contribution in [0.1, 0.15) is 0 Å². The van der Waals surface area contributed by atoms with E-state index >= 15 is 0 Å². The molecule has 0 spiro atoms. The van der Waals surface area contributed by atoms with Crippen molar-refractivity contribution in [1.82, 2.24) is 9.80 Å². The standard InChI is InChI=1S/C10H15N3O2/c1-12-2-4-13(5-3-12)9(14)10(6-11)7-15-8-10/h2-5,7-8H2,1H3. The summed E-state index contributed by atoms with van der Waals surface area (Å²) in [6.07, 6.45) is 0. The molecule has 0 saturated carbocycles. The van der Waals surface area contributed by atoms with Crippen LogP contribution in [-0.2, 0) is 9.53 Å². The summed E-state index contributed by atoms with van der Waals surface area (Å²) in [5, 5.41) is 9.00. The van der Waals surface area contributed by atoms with Gasteiger partial charge in [0.25, 0.3) is 0 Å². The van der Waals surface area contributed by atoms with Gasteiger partial charge in [-0.15, -0.1) is 0 Å². The number of ether oxygens (including phenoxy) is 1. The van der Waals surface area contributed by atoms with Gasteiger partial charge in [-0.1, -0.05) is 0 Å². The predicted octanol–water partition coefficient (Wildman–Crippen LogP) is -0.699. The highest BCUT2D eigenvalue weighted by atomic mass is 16.5. The Kier molecular flexibility index (Phi) is 2.63. The van der Waals surface area contributed by atoms with E-state index in [9.17, 15) is 4.79 Å². The molecule has 1 amide bonds. The quantitative estimate of drug-likeness (QED) is 0.573. The lowest BCUT2D eigenvalue weighted by molar-refractivity contribution is -0.162. The summed E-state index contributed by atoms with van der Waals surface area (Å²) in [6, 6.07) is 2.09. The second kappa shape index (κ2) is 3.80. The van der Waals surface area contributed by atoms with Crippen LogP contribution in [0.15, 0.2) is 0 Å². The maximum Gasteiger partial charge on any atom is 0.247 e. The molecule has 0 radical (unpaired) electrons. The van der Waals surface area contributed by atoms with Crippen LogP contribution in [0.5, 0.6) is 0 Å². The van der Waals surface area contributed by atoms with Crippen LogP contribution in [0.3, 0.4) is 0 Å². The molecule has 0 aromatic carbocycles. The molecule has 2 heterocycles. The number of carbonyl (C=O) groups is 1. The van der Waals surface area contributed by atoms with Crippen LogP contribution in [0.4, 0.5) is 0 Å². The van der Waals surface area contributed by atoms with Crippen molar-refractivity contribution >= 4 is 5.91 Å². The summed E-state index contributed by atoms with van der Waals surface area (Å²) in [5.41, 5.74) is -0.879. The van der Waals surface area contributed by atoms with Gasteiger partial charge in [0, 0.05) is 26.2 Å². The zero-order chi connectivity index (χ0) is 10.9. The number of amides is 1. The first-order valence-electron chi connectivity index (χ1n) is 5.15. The van der Waals surface area contributed by atoms with Gasteiger partial charge in [0.2, 0.25) is 5.91 Å². The third-order valence-corrected chi connectivity index (χ3v) is 3.11. The van der Waals surface area contributed by atoms with Crippen LogP contribution in [0.25, 0.3) is 0 Å². The van der Waals surface area contributed by atoms with Crippen LogP contribution in [0, 0.1) is 16.7 Å². The van der Waals surface area contributed by atoms with Crippen LogP contribution in [0.2, 0.25) is 0 Å². The van der Waals surface area contributed by atoms with Crippen LogP contribution in [-0.4, -0.2) is 62.1 Å². The zero-order valence-electron chi connectivity index (χ0n) is 8.90. The molecule has 0 atom stereocenters. The van der Waals surface area contributed by atoms with E-state index in [0.29, 0.717) is 0 Å². The molecule has 2 fully saturated rings. The number of nitriles is 1. The van der Waals surface area contributed by atoms with Crippen molar-refractivity contribution in [3.8, 4) is 6.07 Å². The van der Waals surface area contributed by atoms with Crippen LogP contribution >= 0.6 is 0 Å². The molecule has 0 bridgehead atoms. The monoisotopic (exact) mass is 209 g/mol. The van der Waals surface area contributed by atoms with Crippen LogP contribution < -0.4 is 0 Å². The minimum atomic E-state index is -0.879. The summed E-state index contributed by atoms with van der Waals surface area (Å²) < 4.78 is 4.98. The first-order chi connectivity index (χ1) is 7.18. The van der Waals surface area contributed by atoms with Crippen molar-refractivity contribution in [2.24, 2.45) is 5.41 Å². The first-order valence-corrected chi connectivity index (χ1v) is 5.15. The fourth-order valence-electron chi connectivity index (χ4n) is 1.85. The third-order valence-electron chi connectivity index (χ3n) is 3.11. The summed E-state index contributed by atoms with van der Waals surface area (Å²) in [5.74, 6) is -0.0515. The summed E-state index contributed by atoms with van der Waals surface area (Å²) in [6.45, 7) is 3.73. The Labute approximate surface area is 89.2 Å². The van der Waals surface area contributed by atoms with Crippen molar-refractivity contribution < 1.29 is 9.53 Å². The average molecular weight is 209 g/mol. The largest absolute Gasteiger partial charge is 0.377 e.